The lowest BCUT2D eigenvalue weighted by atomic mass is 10.0. The molecule has 0 unspecified atom stereocenters. The van der Waals surface area contributed by atoms with Crippen LogP contribution in [0.4, 0.5) is 0 Å². The number of ether oxygens (including phenoxy) is 1. The molecular weight excluding hydrogens is 182 g/mol. The monoisotopic (exact) mass is 195 g/mol. The summed E-state index contributed by atoms with van der Waals surface area (Å²) in [5, 5.41) is 8.76. The van der Waals surface area contributed by atoms with Crippen LogP contribution in [0.3, 0.4) is 0 Å². The molecule has 0 atom stereocenters. The normalized spacial score (nSPS) is 15.2. The topological polar surface area (TPSA) is 62.3 Å². The number of aromatic amines is 1. The average molecular weight is 195 g/mol. The van der Waals surface area contributed by atoms with E-state index < -0.39 is 5.97 Å². The predicted octanol–water partition coefficient (Wildman–Crippen LogP) is 1.02. The number of aliphatic carboxylic acids is 1. The van der Waals surface area contributed by atoms with Gasteiger partial charge in [-0.05, 0) is 12.5 Å². The molecule has 0 aromatic carbocycles. The number of fused-ring (bicyclic) bond motifs is 1. The second-order valence-electron chi connectivity index (χ2n) is 3.56. The van der Waals surface area contributed by atoms with Crippen molar-refractivity contribution in [3.63, 3.8) is 0 Å². The number of rotatable bonds is 2. The largest absolute Gasteiger partial charge is 0.481 e. The van der Waals surface area contributed by atoms with Crippen molar-refractivity contribution in [3.05, 3.63) is 22.5 Å². The molecule has 1 aromatic rings. The summed E-state index contributed by atoms with van der Waals surface area (Å²) >= 11 is 0. The third-order valence-corrected chi connectivity index (χ3v) is 2.59. The van der Waals surface area contributed by atoms with E-state index in [9.17, 15) is 4.79 Å². The first-order chi connectivity index (χ1) is 6.68. The van der Waals surface area contributed by atoms with Crippen LogP contribution in [0.1, 0.15) is 22.5 Å². The summed E-state index contributed by atoms with van der Waals surface area (Å²) in [6.45, 7) is 3.18. The first-order valence-corrected chi connectivity index (χ1v) is 4.67. The van der Waals surface area contributed by atoms with Gasteiger partial charge in [0.05, 0.1) is 19.6 Å². The van der Waals surface area contributed by atoms with Crippen LogP contribution in [-0.2, 0) is 29.0 Å². The Morgan fingerprint density at radius 1 is 1.64 bits per heavy atom. The highest BCUT2D eigenvalue weighted by Gasteiger charge is 2.19. The van der Waals surface area contributed by atoms with Crippen LogP contribution in [0.25, 0.3) is 0 Å². The van der Waals surface area contributed by atoms with E-state index in [0.717, 1.165) is 35.5 Å². The van der Waals surface area contributed by atoms with Crippen LogP contribution in [0, 0.1) is 6.92 Å². The lowest BCUT2D eigenvalue weighted by Crippen LogP contribution is -2.11. The Morgan fingerprint density at radius 3 is 3.14 bits per heavy atom. The van der Waals surface area contributed by atoms with E-state index in [2.05, 4.69) is 4.98 Å². The smallest absolute Gasteiger partial charge is 0.307 e. The zero-order valence-electron chi connectivity index (χ0n) is 8.09. The van der Waals surface area contributed by atoms with E-state index >= 15 is 0 Å². The summed E-state index contributed by atoms with van der Waals surface area (Å²) < 4.78 is 5.32. The van der Waals surface area contributed by atoms with Crippen LogP contribution in [0.5, 0.6) is 0 Å². The van der Waals surface area contributed by atoms with Gasteiger partial charge in [-0.2, -0.15) is 0 Å². The Kier molecular flexibility index (Phi) is 2.29. The second-order valence-corrected chi connectivity index (χ2v) is 3.56. The maximum Gasteiger partial charge on any atom is 0.307 e. The summed E-state index contributed by atoms with van der Waals surface area (Å²) in [5.41, 5.74) is 4.05. The fraction of sp³-hybridized carbons (Fsp3) is 0.500. The van der Waals surface area contributed by atoms with Gasteiger partial charge in [0.25, 0.3) is 0 Å². The van der Waals surface area contributed by atoms with Gasteiger partial charge in [0, 0.05) is 23.4 Å². The molecule has 2 heterocycles. The van der Waals surface area contributed by atoms with Gasteiger partial charge < -0.3 is 14.8 Å². The fourth-order valence-corrected chi connectivity index (χ4v) is 1.91. The number of aromatic nitrogens is 1. The van der Waals surface area contributed by atoms with Crippen LogP contribution in [0.15, 0.2) is 0 Å². The van der Waals surface area contributed by atoms with Crippen LogP contribution in [-0.4, -0.2) is 22.7 Å². The number of H-pyrrole nitrogens is 1. The molecule has 0 fully saturated rings. The van der Waals surface area contributed by atoms with Crippen LogP contribution >= 0.6 is 0 Å². The van der Waals surface area contributed by atoms with E-state index in [4.69, 9.17) is 9.84 Å². The molecule has 2 N–H and O–H groups in total. The standard InChI is InChI=1S/C10H13NO3/c1-6-7(4-10(12)13)8-5-14-3-2-9(8)11-6/h11H,2-5H2,1H3,(H,12,13). The number of carboxylic acid groups (broad SMARTS) is 1. The van der Waals surface area contributed by atoms with E-state index in [1.54, 1.807) is 0 Å². The van der Waals surface area contributed by atoms with Gasteiger partial charge in [-0.1, -0.05) is 0 Å². The molecule has 0 saturated carbocycles. The summed E-state index contributed by atoms with van der Waals surface area (Å²) in [4.78, 5) is 13.9. The zero-order chi connectivity index (χ0) is 10.1. The summed E-state index contributed by atoms with van der Waals surface area (Å²) in [7, 11) is 0. The molecule has 0 saturated heterocycles. The molecule has 1 aliphatic heterocycles. The summed E-state index contributed by atoms with van der Waals surface area (Å²) in [6.07, 6.45) is 0.941. The van der Waals surface area contributed by atoms with Crippen molar-refractivity contribution in [1.29, 1.82) is 0 Å². The minimum atomic E-state index is -0.791. The van der Waals surface area contributed by atoms with Crippen molar-refractivity contribution in [2.75, 3.05) is 6.61 Å². The Hall–Kier alpha value is -1.29. The van der Waals surface area contributed by atoms with Gasteiger partial charge in [-0.3, -0.25) is 4.79 Å². The van der Waals surface area contributed by atoms with Gasteiger partial charge in [0.15, 0.2) is 0 Å². The number of hydrogen-bond acceptors (Lipinski definition) is 2. The van der Waals surface area contributed by atoms with Crippen molar-refractivity contribution in [2.45, 2.75) is 26.4 Å². The Morgan fingerprint density at radius 2 is 2.43 bits per heavy atom. The summed E-state index contributed by atoms with van der Waals surface area (Å²) in [6, 6.07) is 0. The molecule has 0 amide bonds. The van der Waals surface area contributed by atoms with Crippen molar-refractivity contribution in [2.24, 2.45) is 0 Å². The first kappa shape index (κ1) is 9.27. The van der Waals surface area contributed by atoms with E-state index in [1.807, 2.05) is 6.92 Å². The van der Waals surface area contributed by atoms with Gasteiger partial charge in [0.2, 0.25) is 0 Å². The molecule has 0 radical (unpaired) electrons. The Labute approximate surface area is 81.9 Å². The average Bonchev–Trinajstić information content (AvgIpc) is 2.43. The lowest BCUT2D eigenvalue weighted by molar-refractivity contribution is -0.136. The highest BCUT2D eigenvalue weighted by atomic mass is 16.5. The SMILES string of the molecule is Cc1[nH]c2c(c1CC(=O)O)COCC2. The second kappa shape index (κ2) is 3.46. The zero-order valence-corrected chi connectivity index (χ0v) is 8.09. The molecular formula is C10H13NO3. The maximum atomic E-state index is 10.6. The molecule has 0 bridgehead atoms. The maximum absolute atomic E-state index is 10.6. The Bertz CT molecular complexity index is 368. The predicted molar refractivity (Wildman–Crippen MR) is 50.2 cm³/mol. The molecule has 1 aromatic heterocycles. The molecule has 0 spiro atoms. The third kappa shape index (κ3) is 1.53. The van der Waals surface area contributed by atoms with Crippen LogP contribution in [0.2, 0.25) is 0 Å². The van der Waals surface area contributed by atoms with Crippen molar-refractivity contribution < 1.29 is 14.6 Å². The minimum absolute atomic E-state index is 0.0844. The van der Waals surface area contributed by atoms with Gasteiger partial charge in [-0.25, -0.2) is 0 Å². The third-order valence-electron chi connectivity index (χ3n) is 2.59. The van der Waals surface area contributed by atoms with Gasteiger partial charge in [0.1, 0.15) is 0 Å². The molecule has 0 aliphatic carbocycles. The molecule has 4 nitrogen and oxygen atoms in total. The fourth-order valence-electron chi connectivity index (χ4n) is 1.91. The number of carbonyl (C=O) groups is 1. The molecule has 76 valence electrons. The first-order valence-electron chi connectivity index (χ1n) is 4.67. The van der Waals surface area contributed by atoms with Crippen molar-refractivity contribution in [3.8, 4) is 0 Å². The van der Waals surface area contributed by atoms with Gasteiger partial charge in [-0.15, -0.1) is 0 Å². The number of carboxylic acids is 1. The quantitative estimate of drug-likeness (QED) is 0.740. The van der Waals surface area contributed by atoms with E-state index in [1.165, 1.54) is 0 Å². The molecule has 4 heteroatoms. The highest BCUT2D eigenvalue weighted by Crippen LogP contribution is 2.23. The molecule has 2 rings (SSSR count). The highest BCUT2D eigenvalue weighted by molar-refractivity contribution is 5.71. The van der Waals surface area contributed by atoms with Crippen LogP contribution < -0.4 is 0 Å². The van der Waals surface area contributed by atoms with E-state index in [-0.39, 0.29) is 6.42 Å². The number of nitrogens with one attached hydrogen (secondary N) is 1. The number of hydrogen-bond donors (Lipinski definition) is 2. The molecule has 14 heavy (non-hydrogen) atoms. The molecule has 1 aliphatic rings. The van der Waals surface area contributed by atoms with E-state index in [0.29, 0.717) is 6.61 Å². The van der Waals surface area contributed by atoms with Crippen molar-refractivity contribution >= 4 is 5.97 Å². The summed E-state index contributed by atoms with van der Waals surface area (Å²) in [5.74, 6) is -0.791. The van der Waals surface area contributed by atoms with Gasteiger partial charge >= 0.3 is 5.97 Å². The Balaban J connectivity index is 2.37. The number of aryl methyl sites for hydroxylation is 1. The van der Waals surface area contributed by atoms with Crippen molar-refractivity contribution in [1.82, 2.24) is 4.98 Å². The minimum Gasteiger partial charge on any atom is -0.481 e. The lowest BCUT2D eigenvalue weighted by Gasteiger charge is -2.13.